The average Bonchev–Trinajstić information content (AvgIpc) is 2.65. The van der Waals surface area contributed by atoms with Gasteiger partial charge in [0, 0.05) is 5.69 Å². The molecule has 1 atom stereocenters. The number of amides is 2. The number of benzene rings is 2. The van der Waals surface area contributed by atoms with Gasteiger partial charge in [-0.05, 0) is 50.8 Å². The molecule has 142 valence electrons. The predicted molar refractivity (Wildman–Crippen MR) is 112 cm³/mol. The molecule has 3 rings (SSSR count). The van der Waals surface area contributed by atoms with E-state index in [1.807, 2.05) is 56.3 Å². The van der Waals surface area contributed by atoms with Gasteiger partial charge >= 0.3 is 0 Å². The molecule has 1 saturated carbocycles. The third-order valence-electron chi connectivity index (χ3n) is 5.06. The van der Waals surface area contributed by atoms with E-state index in [0.717, 1.165) is 30.5 Å². The van der Waals surface area contributed by atoms with E-state index in [0.29, 0.717) is 0 Å². The minimum absolute atomic E-state index is 0.00770. The van der Waals surface area contributed by atoms with Crippen LogP contribution < -0.4 is 10.6 Å². The molecule has 0 radical (unpaired) electrons. The summed E-state index contributed by atoms with van der Waals surface area (Å²) in [6.45, 7) is 3.86. The van der Waals surface area contributed by atoms with Crippen molar-refractivity contribution in [2.45, 2.75) is 43.9 Å². The van der Waals surface area contributed by atoms with E-state index in [9.17, 15) is 9.59 Å². The van der Waals surface area contributed by atoms with Crippen molar-refractivity contribution in [2.75, 3.05) is 11.1 Å². The van der Waals surface area contributed by atoms with Gasteiger partial charge in [-0.25, -0.2) is 0 Å². The third-order valence-corrected chi connectivity index (χ3v) is 6.21. The van der Waals surface area contributed by atoms with Gasteiger partial charge in [-0.2, -0.15) is 0 Å². The minimum Gasteiger partial charge on any atom is -0.346 e. The summed E-state index contributed by atoms with van der Waals surface area (Å²) in [6, 6.07) is 17.8. The Bertz CT molecular complexity index is 786. The zero-order chi connectivity index (χ0) is 19.3. The van der Waals surface area contributed by atoms with Gasteiger partial charge in [0.15, 0.2) is 0 Å². The zero-order valence-electron chi connectivity index (χ0n) is 15.8. The highest BCUT2D eigenvalue weighted by Crippen LogP contribution is 2.41. The summed E-state index contributed by atoms with van der Waals surface area (Å²) in [7, 11) is 0. The number of anilines is 1. The lowest BCUT2D eigenvalue weighted by atomic mass is 9.71. The fraction of sp³-hybridized carbons (Fsp3) is 0.364. The number of carbonyl (C=O) groups excluding carboxylic acids is 2. The van der Waals surface area contributed by atoms with Crippen molar-refractivity contribution in [1.29, 1.82) is 0 Å². The van der Waals surface area contributed by atoms with E-state index in [1.54, 1.807) is 0 Å². The molecular formula is C22H26N2O2S. The van der Waals surface area contributed by atoms with Crippen LogP contribution in [0.4, 0.5) is 5.69 Å². The number of aryl methyl sites for hydroxylation is 1. The Morgan fingerprint density at radius 2 is 1.74 bits per heavy atom. The summed E-state index contributed by atoms with van der Waals surface area (Å²) in [5, 5.41) is 5.82. The zero-order valence-corrected chi connectivity index (χ0v) is 16.6. The van der Waals surface area contributed by atoms with E-state index in [4.69, 9.17) is 0 Å². The molecule has 4 nitrogen and oxygen atoms in total. The topological polar surface area (TPSA) is 58.2 Å². The first-order chi connectivity index (χ1) is 13.0. The Balaban J connectivity index is 1.50. The van der Waals surface area contributed by atoms with E-state index in [1.165, 1.54) is 17.3 Å². The van der Waals surface area contributed by atoms with E-state index >= 15 is 0 Å². The Morgan fingerprint density at radius 1 is 1.07 bits per heavy atom. The number of nitrogens with one attached hydrogen (secondary N) is 2. The predicted octanol–water partition coefficient (Wildman–Crippen LogP) is 4.25. The molecule has 5 heteroatoms. The highest BCUT2D eigenvalue weighted by atomic mass is 32.2. The van der Waals surface area contributed by atoms with Gasteiger partial charge in [0.05, 0.1) is 16.5 Å². The highest BCUT2D eigenvalue weighted by molar-refractivity contribution is 8.01. The molecule has 2 amide bonds. The van der Waals surface area contributed by atoms with Crippen LogP contribution in [0, 0.1) is 6.92 Å². The van der Waals surface area contributed by atoms with Crippen LogP contribution in [0.25, 0.3) is 0 Å². The number of thioether (sulfide) groups is 1. The molecule has 1 fully saturated rings. The molecule has 2 N–H and O–H groups in total. The molecule has 1 aliphatic rings. The van der Waals surface area contributed by atoms with Crippen molar-refractivity contribution in [3.05, 3.63) is 65.7 Å². The Labute approximate surface area is 165 Å². The second kappa shape index (κ2) is 8.61. The molecule has 1 aliphatic carbocycles. The van der Waals surface area contributed by atoms with Crippen LogP contribution in [0.5, 0.6) is 0 Å². The molecular weight excluding hydrogens is 356 g/mol. The molecule has 0 heterocycles. The fourth-order valence-electron chi connectivity index (χ4n) is 3.22. The second-order valence-electron chi connectivity index (χ2n) is 7.16. The molecule has 0 bridgehead atoms. The number of hydrogen-bond acceptors (Lipinski definition) is 3. The van der Waals surface area contributed by atoms with E-state index in [2.05, 4.69) is 22.8 Å². The maximum absolute atomic E-state index is 12.7. The van der Waals surface area contributed by atoms with Crippen molar-refractivity contribution in [2.24, 2.45) is 0 Å². The van der Waals surface area contributed by atoms with Gasteiger partial charge in [0.25, 0.3) is 0 Å². The smallest absolute Gasteiger partial charge is 0.234 e. The Hall–Kier alpha value is -2.27. The molecule has 0 spiro atoms. The maximum atomic E-state index is 12.7. The van der Waals surface area contributed by atoms with Crippen molar-refractivity contribution >= 4 is 29.3 Å². The summed E-state index contributed by atoms with van der Waals surface area (Å²) in [6.07, 6.45) is 3.05. The van der Waals surface area contributed by atoms with Crippen LogP contribution in [0.15, 0.2) is 54.6 Å². The summed E-state index contributed by atoms with van der Waals surface area (Å²) in [4.78, 5) is 24.8. The Kier molecular flexibility index (Phi) is 6.22. The number of carbonyl (C=O) groups is 2. The summed E-state index contributed by atoms with van der Waals surface area (Å²) >= 11 is 1.36. The molecule has 2 aromatic rings. The fourth-order valence-corrected chi connectivity index (χ4v) is 3.91. The van der Waals surface area contributed by atoms with E-state index in [-0.39, 0.29) is 28.4 Å². The van der Waals surface area contributed by atoms with Crippen molar-refractivity contribution in [3.8, 4) is 0 Å². The maximum Gasteiger partial charge on any atom is 0.234 e. The normalized spacial score (nSPS) is 16.1. The standard InChI is InChI=1S/C22H26N2O2S/c1-16-9-11-19(12-10-16)23-20(25)15-27-17(2)21(26)24-22(13-6-14-22)18-7-4-3-5-8-18/h3-5,7-12,17H,6,13-15H2,1-2H3,(H,23,25)(H,24,26). The first-order valence-electron chi connectivity index (χ1n) is 9.34. The molecule has 27 heavy (non-hydrogen) atoms. The summed E-state index contributed by atoms with van der Waals surface area (Å²) < 4.78 is 0. The molecule has 0 saturated heterocycles. The molecule has 0 aromatic heterocycles. The van der Waals surface area contributed by atoms with Crippen molar-refractivity contribution in [1.82, 2.24) is 5.32 Å². The first kappa shape index (κ1) is 19.5. The lowest BCUT2D eigenvalue weighted by Gasteiger charge is -2.43. The molecule has 2 aromatic carbocycles. The van der Waals surface area contributed by atoms with Crippen molar-refractivity contribution < 1.29 is 9.59 Å². The van der Waals surface area contributed by atoms with Crippen LogP contribution in [-0.2, 0) is 15.1 Å². The quantitative estimate of drug-likeness (QED) is 0.753. The average molecular weight is 383 g/mol. The van der Waals surface area contributed by atoms with Gasteiger partial charge in [0.1, 0.15) is 0 Å². The monoisotopic (exact) mass is 382 g/mol. The largest absolute Gasteiger partial charge is 0.346 e. The van der Waals surface area contributed by atoms with Gasteiger partial charge in [-0.15, -0.1) is 11.8 Å². The van der Waals surface area contributed by atoms with Gasteiger partial charge in [-0.3, -0.25) is 9.59 Å². The molecule has 0 aliphatic heterocycles. The number of rotatable bonds is 7. The SMILES string of the molecule is Cc1ccc(NC(=O)CSC(C)C(=O)NC2(c3ccccc3)CCC2)cc1. The Morgan fingerprint density at radius 3 is 2.33 bits per heavy atom. The summed E-state index contributed by atoms with van der Waals surface area (Å²) in [5.74, 6) is 0.150. The second-order valence-corrected chi connectivity index (χ2v) is 8.49. The number of hydrogen-bond donors (Lipinski definition) is 2. The van der Waals surface area contributed by atoms with Crippen LogP contribution in [0.3, 0.4) is 0 Å². The summed E-state index contributed by atoms with van der Waals surface area (Å²) in [5.41, 5.74) is 2.85. The minimum atomic E-state index is -0.282. The van der Waals surface area contributed by atoms with Gasteiger partial charge in [0.2, 0.25) is 11.8 Å². The first-order valence-corrected chi connectivity index (χ1v) is 10.4. The lowest BCUT2D eigenvalue weighted by molar-refractivity contribution is -0.123. The lowest BCUT2D eigenvalue weighted by Crippen LogP contribution is -2.52. The van der Waals surface area contributed by atoms with Gasteiger partial charge < -0.3 is 10.6 Å². The van der Waals surface area contributed by atoms with Gasteiger partial charge in [-0.1, -0.05) is 48.0 Å². The van der Waals surface area contributed by atoms with Crippen LogP contribution >= 0.6 is 11.8 Å². The van der Waals surface area contributed by atoms with Crippen LogP contribution in [-0.4, -0.2) is 22.8 Å². The van der Waals surface area contributed by atoms with Crippen LogP contribution in [0.1, 0.15) is 37.3 Å². The third kappa shape index (κ3) is 4.92. The van der Waals surface area contributed by atoms with Crippen LogP contribution in [0.2, 0.25) is 0 Å². The van der Waals surface area contributed by atoms with Crippen molar-refractivity contribution in [3.63, 3.8) is 0 Å². The van der Waals surface area contributed by atoms with E-state index < -0.39 is 0 Å². The molecule has 1 unspecified atom stereocenters. The highest BCUT2D eigenvalue weighted by Gasteiger charge is 2.40.